The van der Waals surface area contributed by atoms with Crippen LogP contribution in [0, 0.1) is 0 Å². The molecule has 1 radical (unpaired) electrons. The Bertz CT molecular complexity index is 1060. The van der Waals surface area contributed by atoms with Gasteiger partial charge in [-0.1, -0.05) is 55.5 Å². The average Bonchev–Trinajstić information content (AvgIpc) is 2.99. The highest BCUT2D eigenvalue weighted by Crippen LogP contribution is 2.43. The van der Waals surface area contributed by atoms with Crippen LogP contribution in [-0.4, -0.2) is 28.4 Å². The number of rotatable bonds is 5. The molecule has 0 amide bonds. The van der Waals surface area contributed by atoms with Gasteiger partial charge in [-0.2, -0.15) is 0 Å². The molecule has 0 fully saturated rings. The van der Waals surface area contributed by atoms with Crippen LogP contribution in [0.4, 0.5) is 0 Å². The summed E-state index contributed by atoms with van der Waals surface area (Å²) in [5.41, 5.74) is 3.31. The number of aliphatic hydroxyl groups is 1. The zero-order chi connectivity index (χ0) is 20.9. The van der Waals surface area contributed by atoms with E-state index in [2.05, 4.69) is 72.2 Å². The highest BCUT2D eigenvalue weighted by molar-refractivity contribution is 6.34. The van der Waals surface area contributed by atoms with Crippen molar-refractivity contribution in [3.05, 3.63) is 71.9 Å². The number of allylic oxidation sites excluding steroid dienone is 1. The summed E-state index contributed by atoms with van der Waals surface area (Å²) in [6, 6.07) is 19.1. The van der Waals surface area contributed by atoms with Gasteiger partial charge in [0.2, 0.25) is 0 Å². The smallest absolute Gasteiger partial charge is 0.304 e. The molecule has 0 spiro atoms. The lowest BCUT2D eigenvalue weighted by atomic mass is 9.59. The van der Waals surface area contributed by atoms with E-state index in [1.165, 1.54) is 27.8 Å². The maximum Gasteiger partial charge on any atom is 0.304 e. The quantitative estimate of drug-likeness (QED) is 0.583. The third-order valence-electron chi connectivity index (χ3n) is 6.31. The van der Waals surface area contributed by atoms with E-state index in [9.17, 15) is 5.11 Å². The highest BCUT2D eigenvalue weighted by Gasteiger charge is 2.39. The first kappa shape index (κ1) is 20.0. The molecule has 2 aromatic carbocycles. The SMILES string of the molecule is CC(C)(O)C(C)(C)O[B][C@]1(C)C=Cc2c(n(-c3ccccc3)c3ccccc23)C1. The predicted octanol–water partition coefficient (Wildman–Crippen LogP) is 5.56. The Morgan fingerprint density at radius 1 is 1.00 bits per heavy atom. The first-order valence-corrected chi connectivity index (χ1v) is 10.2. The van der Waals surface area contributed by atoms with Crippen molar-refractivity contribution in [2.75, 3.05) is 0 Å². The van der Waals surface area contributed by atoms with Gasteiger partial charge >= 0.3 is 7.48 Å². The Morgan fingerprint density at radius 3 is 2.34 bits per heavy atom. The fourth-order valence-corrected chi connectivity index (χ4v) is 3.75. The minimum atomic E-state index is -0.942. The fourth-order valence-electron chi connectivity index (χ4n) is 3.75. The van der Waals surface area contributed by atoms with Crippen molar-refractivity contribution in [1.29, 1.82) is 0 Å². The van der Waals surface area contributed by atoms with Crippen LogP contribution in [0.1, 0.15) is 45.9 Å². The number of aromatic nitrogens is 1. The Labute approximate surface area is 174 Å². The van der Waals surface area contributed by atoms with Crippen molar-refractivity contribution in [2.24, 2.45) is 0 Å². The monoisotopic (exact) mass is 386 g/mol. The van der Waals surface area contributed by atoms with Crippen LogP contribution in [0.5, 0.6) is 0 Å². The predicted molar refractivity (Wildman–Crippen MR) is 122 cm³/mol. The molecule has 1 N–H and O–H groups in total. The molecule has 0 unspecified atom stereocenters. The van der Waals surface area contributed by atoms with E-state index in [1.54, 1.807) is 13.8 Å². The Kier molecular flexibility index (Phi) is 4.75. The molecule has 1 aliphatic carbocycles. The van der Waals surface area contributed by atoms with E-state index in [4.69, 9.17) is 4.65 Å². The van der Waals surface area contributed by atoms with Gasteiger partial charge in [0.05, 0.1) is 16.7 Å². The lowest BCUT2D eigenvalue weighted by Crippen LogP contribution is -2.49. The van der Waals surface area contributed by atoms with Crippen LogP contribution >= 0.6 is 0 Å². The molecule has 149 valence electrons. The van der Waals surface area contributed by atoms with Gasteiger partial charge in [0.15, 0.2) is 0 Å². The lowest BCUT2D eigenvalue weighted by Gasteiger charge is -2.40. The number of fused-ring (bicyclic) bond motifs is 3. The minimum absolute atomic E-state index is 0.267. The van der Waals surface area contributed by atoms with Crippen molar-refractivity contribution < 1.29 is 9.76 Å². The molecule has 3 nitrogen and oxygen atoms in total. The van der Waals surface area contributed by atoms with Crippen LogP contribution in [0.15, 0.2) is 60.7 Å². The van der Waals surface area contributed by atoms with Gasteiger partial charge in [-0.05, 0) is 57.6 Å². The maximum absolute atomic E-state index is 10.4. The summed E-state index contributed by atoms with van der Waals surface area (Å²) >= 11 is 0. The summed E-state index contributed by atoms with van der Waals surface area (Å²) < 4.78 is 8.50. The molecule has 1 aromatic heterocycles. The number of para-hydroxylation sites is 2. The van der Waals surface area contributed by atoms with Gasteiger partial charge in [-0.15, -0.1) is 0 Å². The first-order valence-electron chi connectivity index (χ1n) is 10.2. The van der Waals surface area contributed by atoms with Crippen molar-refractivity contribution in [3.63, 3.8) is 0 Å². The van der Waals surface area contributed by atoms with Gasteiger partial charge in [0.25, 0.3) is 0 Å². The van der Waals surface area contributed by atoms with E-state index in [0.29, 0.717) is 0 Å². The fraction of sp³-hybridized carbons (Fsp3) is 0.360. The van der Waals surface area contributed by atoms with Gasteiger partial charge in [0, 0.05) is 22.3 Å². The van der Waals surface area contributed by atoms with E-state index in [0.717, 1.165) is 6.42 Å². The highest BCUT2D eigenvalue weighted by atomic mass is 16.5. The molecular formula is C25H29BNO2. The third kappa shape index (κ3) is 3.56. The van der Waals surface area contributed by atoms with Crippen LogP contribution in [0.2, 0.25) is 5.31 Å². The van der Waals surface area contributed by atoms with Crippen molar-refractivity contribution in [1.82, 2.24) is 4.57 Å². The molecule has 4 rings (SSSR count). The van der Waals surface area contributed by atoms with Crippen LogP contribution in [0.25, 0.3) is 22.7 Å². The molecule has 0 bridgehead atoms. The normalized spacial score (nSPS) is 19.4. The molecule has 1 aliphatic rings. The lowest BCUT2D eigenvalue weighted by molar-refractivity contribution is -0.0915. The summed E-state index contributed by atoms with van der Waals surface area (Å²) in [4.78, 5) is 0. The summed E-state index contributed by atoms with van der Waals surface area (Å²) in [6.07, 6.45) is 5.26. The second-order valence-electron chi connectivity index (χ2n) is 9.37. The van der Waals surface area contributed by atoms with Crippen molar-refractivity contribution in [2.45, 2.75) is 57.6 Å². The largest absolute Gasteiger partial charge is 0.432 e. The topological polar surface area (TPSA) is 34.4 Å². The minimum Gasteiger partial charge on any atom is -0.432 e. The van der Waals surface area contributed by atoms with Crippen molar-refractivity contribution >= 4 is 24.5 Å². The van der Waals surface area contributed by atoms with Crippen molar-refractivity contribution in [3.8, 4) is 5.69 Å². The molecule has 1 heterocycles. The van der Waals surface area contributed by atoms with Gasteiger partial charge in [-0.25, -0.2) is 0 Å². The first-order chi connectivity index (χ1) is 13.6. The molecule has 29 heavy (non-hydrogen) atoms. The van der Waals surface area contributed by atoms with Gasteiger partial charge < -0.3 is 14.3 Å². The maximum atomic E-state index is 10.4. The molecule has 1 atom stereocenters. The average molecular weight is 386 g/mol. The summed E-state index contributed by atoms with van der Waals surface area (Å²) in [7, 11) is 1.90. The standard InChI is InChI=1S/C25H29BNO2/c1-23(2,28)24(3,4)29-26-25(5)16-15-20-19-13-9-10-14-21(19)27(22(20)17-25)18-11-7-6-8-12-18/h6-16,28H,17H2,1-5H3/t25-/m1/s1. The number of benzene rings is 2. The summed E-state index contributed by atoms with van der Waals surface area (Å²) in [5, 5.41) is 11.4. The molecule has 4 heteroatoms. The van der Waals surface area contributed by atoms with E-state index in [1.807, 2.05) is 27.4 Å². The van der Waals surface area contributed by atoms with Crippen LogP contribution in [0.3, 0.4) is 0 Å². The number of hydrogen-bond acceptors (Lipinski definition) is 2. The molecule has 3 aromatic rings. The number of nitrogens with zero attached hydrogens (tertiary/aromatic N) is 1. The van der Waals surface area contributed by atoms with Crippen LogP contribution < -0.4 is 0 Å². The molecule has 0 aliphatic heterocycles. The number of hydrogen-bond donors (Lipinski definition) is 1. The van der Waals surface area contributed by atoms with E-state index in [-0.39, 0.29) is 5.31 Å². The molecular weight excluding hydrogens is 357 g/mol. The second kappa shape index (κ2) is 6.89. The zero-order valence-electron chi connectivity index (χ0n) is 17.9. The Morgan fingerprint density at radius 2 is 1.66 bits per heavy atom. The van der Waals surface area contributed by atoms with Gasteiger partial charge in [0.1, 0.15) is 0 Å². The molecule has 0 saturated heterocycles. The second-order valence-corrected chi connectivity index (χ2v) is 9.37. The summed E-state index contributed by atoms with van der Waals surface area (Å²) in [5.74, 6) is 0. The van der Waals surface area contributed by atoms with E-state index < -0.39 is 11.2 Å². The zero-order valence-corrected chi connectivity index (χ0v) is 17.9. The summed E-state index contributed by atoms with van der Waals surface area (Å²) in [6.45, 7) is 9.59. The third-order valence-corrected chi connectivity index (χ3v) is 6.31. The van der Waals surface area contributed by atoms with Gasteiger partial charge in [-0.3, -0.25) is 0 Å². The Balaban J connectivity index is 1.74. The van der Waals surface area contributed by atoms with Crippen LogP contribution in [-0.2, 0) is 11.1 Å². The molecule has 0 saturated carbocycles. The Hall–Kier alpha value is -2.30. The van der Waals surface area contributed by atoms with E-state index >= 15 is 0 Å².